The van der Waals surface area contributed by atoms with Gasteiger partial charge in [-0.1, -0.05) is 45.0 Å². The lowest BCUT2D eigenvalue weighted by Crippen LogP contribution is -2.54. The molecular weight excluding hydrogens is 416 g/mol. The number of amides is 2. The van der Waals surface area contributed by atoms with E-state index in [1.165, 1.54) is 5.56 Å². The summed E-state index contributed by atoms with van der Waals surface area (Å²) in [5.74, 6) is 1.32. The first kappa shape index (κ1) is 26.2. The highest BCUT2D eigenvalue weighted by molar-refractivity contribution is 5.88. The summed E-state index contributed by atoms with van der Waals surface area (Å²) in [7, 11) is 1.60. The summed E-state index contributed by atoms with van der Waals surface area (Å²) < 4.78 is 11.1. The quantitative estimate of drug-likeness (QED) is 0.553. The van der Waals surface area contributed by atoms with Crippen LogP contribution in [-0.4, -0.2) is 42.0 Å². The highest BCUT2D eigenvalue weighted by atomic mass is 16.5. The molecule has 2 amide bonds. The second-order valence-corrected chi connectivity index (χ2v) is 9.55. The molecule has 1 atom stereocenters. The summed E-state index contributed by atoms with van der Waals surface area (Å²) >= 11 is 0. The molecule has 0 fully saturated rings. The van der Waals surface area contributed by atoms with Gasteiger partial charge in [-0.05, 0) is 68.5 Å². The van der Waals surface area contributed by atoms with Crippen molar-refractivity contribution >= 4 is 11.8 Å². The fourth-order valence-corrected chi connectivity index (χ4v) is 3.52. The van der Waals surface area contributed by atoms with Crippen LogP contribution >= 0.6 is 0 Å². The van der Waals surface area contributed by atoms with Gasteiger partial charge in [0.05, 0.1) is 7.11 Å². The van der Waals surface area contributed by atoms with Gasteiger partial charge in [-0.25, -0.2) is 0 Å². The van der Waals surface area contributed by atoms with Crippen LogP contribution in [0.3, 0.4) is 0 Å². The molecular formula is C27H38N2O4. The van der Waals surface area contributed by atoms with E-state index in [0.29, 0.717) is 23.8 Å². The number of nitrogens with zero attached hydrogens (tertiary/aromatic N) is 1. The third-order valence-corrected chi connectivity index (χ3v) is 5.28. The van der Waals surface area contributed by atoms with Gasteiger partial charge in [0.25, 0.3) is 5.91 Å². The minimum absolute atomic E-state index is 0.149. The Morgan fingerprint density at radius 3 is 2.24 bits per heavy atom. The van der Waals surface area contributed by atoms with Crippen molar-refractivity contribution in [3.8, 4) is 11.5 Å². The van der Waals surface area contributed by atoms with E-state index in [2.05, 4.69) is 19.2 Å². The molecule has 1 N–H and O–H groups in total. The minimum Gasteiger partial charge on any atom is -0.497 e. The van der Waals surface area contributed by atoms with E-state index in [9.17, 15) is 9.59 Å². The first-order valence-electron chi connectivity index (χ1n) is 11.5. The number of methoxy groups -OCH3 is 1. The molecule has 0 bridgehead atoms. The van der Waals surface area contributed by atoms with Gasteiger partial charge < -0.3 is 19.7 Å². The smallest absolute Gasteiger partial charge is 0.261 e. The van der Waals surface area contributed by atoms with Gasteiger partial charge in [0.15, 0.2) is 6.61 Å². The normalized spacial score (nSPS) is 12.2. The lowest BCUT2D eigenvalue weighted by atomic mass is 10.0. The van der Waals surface area contributed by atoms with Crippen molar-refractivity contribution in [3.05, 3.63) is 59.7 Å². The zero-order chi connectivity index (χ0) is 24.6. The van der Waals surface area contributed by atoms with Crippen molar-refractivity contribution in [2.24, 2.45) is 0 Å². The SMILES string of the molecule is CC[C@H](C(=O)NC(C)(C)C)N(Cc1cccc(OC)c1)C(=O)COc1ccc(C(C)C)cc1. The summed E-state index contributed by atoms with van der Waals surface area (Å²) in [6.07, 6.45) is 0.487. The lowest BCUT2D eigenvalue weighted by molar-refractivity contribution is -0.143. The molecule has 0 unspecified atom stereocenters. The lowest BCUT2D eigenvalue weighted by Gasteiger charge is -2.33. The largest absolute Gasteiger partial charge is 0.497 e. The van der Waals surface area contributed by atoms with Gasteiger partial charge >= 0.3 is 0 Å². The van der Waals surface area contributed by atoms with Crippen molar-refractivity contribution in [2.45, 2.75) is 72.0 Å². The molecule has 6 nitrogen and oxygen atoms in total. The molecule has 0 aliphatic rings. The molecule has 0 aliphatic carbocycles. The Bertz CT molecular complexity index is 916. The second kappa shape index (κ2) is 11.7. The molecule has 180 valence electrons. The van der Waals surface area contributed by atoms with Gasteiger partial charge in [-0.15, -0.1) is 0 Å². The molecule has 0 aliphatic heterocycles. The third-order valence-electron chi connectivity index (χ3n) is 5.28. The molecule has 2 aromatic rings. The summed E-state index contributed by atoms with van der Waals surface area (Å²) in [6, 6.07) is 14.7. The highest BCUT2D eigenvalue weighted by Gasteiger charge is 2.31. The van der Waals surface area contributed by atoms with Crippen molar-refractivity contribution in [1.29, 1.82) is 0 Å². The molecule has 0 saturated carbocycles. The second-order valence-electron chi connectivity index (χ2n) is 9.55. The van der Waals surface area contributed by atoms with Crippen molar-refractivity contribution in [2.75, 3.05) is 13.7 Å². The number of nitrogens with one attached hydrogen (secondary N) is 1. The number of carbonyl (C=O) groups excluding carboxylic acids is 2. The molecule has 0 saturated heterocycles. The first-order valence-corrected chi connectivity index (χ1v) is 11.5. The van der Waals surface area contributed by atoms with Crippen LogP contribution in [0.1, 0.15) is 65.0 Å². The number of ether oxygens (including phenoxy) is 2. The zero-order valence-electron chi connectivity index (χ0n) is 21.0. The summed E-state index contributed by atoms with van der Waals surface area (Å²) in [6.45, 7) is 12.1. The predicted molar refractivity (Wildman–Crippen MR) is 132 cm³/mol. The van der Waals surface area contributed by atoms with E-state index in [0.717, 1.165) is 5.56 Å². The maximum atomic E-state index is 13.3. The van der Waals surface area contributed by atoms with Gasteiger partial charge in [-0.2, -0.15) is 0 Å². The van der Waals surface area contributed by atoms with Crippen LogP contribution in [0, 0.1) is 0 Å². The zero-order valence-corrected chi connectivity index (χ0v) is 21.0. The maximum absolute atomic E-state index is 13.3. The third kappa shape index (κ3) is 8.12. The van der Waals surface area contributed by atoms with Crippen LogP contribution in [-0.2, 0) is 16.1 Å². The predicted octanol–water partition coefficient (Wildman–Crippen LogP) is 4.92. The van der Waals surface area contributed by atoms with Gasteiger partial charge in [0, 0.05) is 12.1 Å². The van der Waals surface area contributed by atoms with Crippen LogP contribution in [0.25, 0.3) is 0 Å². The van der Waals surface area contributed by atoms with Crippen LogP contribution < -0.4 is 14.8 Å². The van der Waals surface area contributed by atoms with E-state index >= 15 is 0 Å². The van der Waals surface area contributed by atoms with Crippen molar-refractivity contribution < 1.29 is 19.1 Å². The number of rotatable bonds is 10. The summed E-state index contributed by atoms with van der Waals surface area (Å²) in [4.78, 5) is 28.0. The van der Waals surface area contributed by atoms with E-state index in [4.69, 9.17) is 9.47 Å². The van der Waals surface area contributed by atoms with Crippen LogP contribution in [0.4, 0.5) is 0 Å². The van der Waals surface area contributed by atoms with E-state index in [1.54, 1.807) is 12.0 Å². The average molecular weight is 455 g/mol. The minimum atomic E-state index is -0.616. The Morgan fingerprint density at radius 1 is 1.03 bits per heavy atom. The van der Waals surface area contributed by atoms with Crippen LogP contribution in [0.2, 0.25) is 0 Å². The van der Waals surface area contributed by atoms with E-state index < -0.39 is 11.6 Å². The number of hydrogen-bond acceptors (Lipinski definition) is 4. The van der Waals surface area contributed by atoms with E-state index in [1.807, 2.05) is 76.2 Å². The standard InChI is InChI=1S/C27H38N2O4/c1-8-24(26(31)28-27(4,5)6)29(17-20-10-9-11-23(16-20)32-7)25(30)18-33-22-14-12-21(13-15-22)19(2)3/h9-16,19,24H,8,17-18H2,1-7H3,(H,28,31)/t24-/m1/s1. The number of carbonyl (C=O) groups is 2. The Labute approximate surface area is 198 Å². The summed E-state index contributed by atoms with van der Waals surface area (Å²) in [5.41, 5.74) is 1.69. The highest BCUT2D eigenvalue weighted by Crippen LogP contribution is 2.20. The molecule has 6 heteroatoms. The maximum Gasteiger partial charge on any atom is 0.261 e. The Hall–Kier alpha value is -3.02. The number of benzene rings is 2. The topological polar surface area (TPSA) is 67.9 Å². The van der Waals surface area contributed by atoms with Gasteiger partial charge in [0.1, 0.15) is 17.5 Å². The molecule has 2 rings (SSSR count). The Balaban J connectivity index is 2.23. The molecule has 2 aromatic carbocycles. The first-order chi connectivity index (χ1) is 15.5. The van der Waals surface area contributed by atoms with Crippen LogP contribution in [0.15, 0.2) is 48.5 Å². The molecule has 0 heterocycles. The van der Waals surface area contributed by atoms with E-state index in [-0.39, 0.29) is 25.0 Å². The number of hydrogen-bond donors (Lipinski definition) is 1. The molecule has 33 heavy (non-hydrogen) atoms. The Kier molecular flexibility index (Phi) is 9.32. The molecule has 0 radical (unpaired) electrons. The molecule has 0 aromatic heterocycles. The van der Waals surface area contributed by atoms with Crippen LogP contribution in [0.5, 0.6) is 11.5 Å². The monoisotopic (exact) mass is 454 g/mol. The summed E-state index contributed by atoms with van der Waals surface area (Å²) in [5, 5.41) is 3.01. The average Bonchev–Trinajstić information content (AvgIpc) is 2.76. The fraction of sp³-hybridized carbons (Fsp3) is 0.481. The van der Waals surface area contributed by atoms with Gasteiger partial charge in [0.2, 0.25) is 5.91 Å². The Morgan fingerprint density at radius 2 is 1.70 bits per heavy atom. The fourth-order valence-electron chi connectivity index (χ4n) is 3.52. The van der Waals surface area contributed by atoms with Crippen molar-refractivity contribution in [1.82, 2.24) is 10.2 Å². The molecule has 0 spiro atoms. The van der Waals surface area contributed by atoms with Gasteiger partial charge in [-0.3, -0.25) is 9.59 Å². The van der Waals surface area contributed by atoms with Crippen molar-refractivity contribution in [3.63, 3.8) is 0 Å².